The van der Waals surface area contributed by atoms with E-state index >= 15 is 4.39 Å². The van der Waals surface area contributed by atoms with E-state index in [1.807, 2.05) is 25.5 Å². The van der Waals surface area contributed by atoms with Gasteiger partial charge in [-0.2, -0.15) is 0 Å². The van der Waals surface area contributed by atoms with E-state index in [2.05, 4.69) is 25.3 Å². The normalized spacial score (nSPS) is 12.5. The molecule has 4 aromatic rings. The molecule has 0 fully saturated rings. The van der Waals surface area contributed by atoms with Crippen LogP contribution in [0.15, 0.2) is 53.6 Å². The Labute approximate surface area is 250 Å². The van der Waals surface area contributed by atoms with E-state index in [1.54, 1.807) is 13.0 Å². The molecule has 0 bridgehead atoms. The molecule has 0 unspecified atom stereocenters. The fourth-order valence-electron chi connectivity index (χ4n) is 3.85. The van der Waals surface area contributed by atoms with Crippen molar-refractivity contribution in [2.24, 2.45) is 0 Å². The average molecular weight is 635 g/mol. The largest absolute Gasteiger partial charge is 0.453 e. The molecule has 0 aliphatic carbocycles. The van der Waals surface area contributed by atoms with Gasteiger partial charge in [0.15, 0.2) is 10.7 Å². The molecule has 0 saturated heterocycles. The highest BCUT2D eigenvalue weighted by molar-refractivity contribution is 7.92. The van der Waals surface area contributed by atoms with Gasteiger partial charge in [-0.15, -0.1) is 11.3 Å². The maximum Gasteiger partial charge on any atom is 0.407 e. The summed E-state index contributed by atoms with van der Waals surface area (Å²) in [5, 5.41) is 6.31. The Morgan fingerprint density at radius 1 is 1.05 bits per heavy atom. The number of amides is 1. The van der Waals surface area contributed by atoms with Gasteiger partial charge in [0.2, 0.25) is 5.95 Å². The van der Waals surface area contributed by atoms with Gasteiger partial charge in [-0.1, -0.05) is 32.9 Å². The Morgan fingerprint density at radius 3 is 2.37 bits per heavy atom. The Morgan fingerprint density at radius 2 is 1.72 bits per heavy atom. The molecule has 1 atom stereocenters. The van der Waals surface area contributed by atoms with Crippen molar-refractivity contribution in [2.45, 2.75) is 44.0 Å². The van der Waals surface area contributed by atoms with Crippen LogP contribution in [0.25, 0.3) is 21.8 Å². The summed E-state index contributed by atoms with van der Waals surface area (Å²) in [5.41, 5.74) is -0.406. The molecular formula is C28H29F3N6O4S2. The number of halogens is 3. The standard InChI is InChI=1S/C28H29F3N6O4S2/c1-15(34-27(38)41-5)14-33-26-32-13-12-20(35-26)23-22(36-25(42-23)28(2,3)4)16-8-6-11-19(21(16)31)37-43(39,40)24-17(29)9-7-10-18(24)30/h6-13,15,37H,14H2,1-5H3,(H,34,38)(H,32,33,35)/t15-/m0/s1. The fraction of sp³-hybridized carbons (Fsp3) is 0.286. The summed E-state index contributed by atoms with van der Waals surface area (Å²) in [6, 6.07) is 7.87. The number of methoxy groups -OCH3 is 1. The monoisotopic (exact) mass is 634 g/mol. The van der Waals surface area contributed by atoms with Crippen molar-refractivity contribution in [1.82, 2.24) is 20.3 Å². The predicted molar refractivity (Wildman–Crippen MR) is 158 cm³/mol. The van der Waals surface area contributed by atoms with E-state index in [0.29, 0.717) is 15.6 Å². The first-order chi connectivity index (χ1) is 20.2. The quantitative estimate of drug-likeness (QED) is 0.206. The van der Waals surface area contributed by atoms with Gasteiger partial charge in [0, 0.05) is 29.8 Å². The molecule has 10 nitrogen and oxygen atoms in total. The molecule has 2 aromatic carbocycles. The highest BCUT2D eigenvalue weighted by Gasteiger charge is 2.28. The fourth-order valence-corrected chi connectivity index (χ4v) is 6.16. The van der Waals surface area contributed by atoms with Gasteiger partial charge in [-0.3, -0.25) is 4.72 Å². The molecule has 0 radical (unpaired) electrons. The SMILES string of the molecule is COC(=O)N[C@@H](C)CNc1nccc(-c2sc(C(C)(C)C)nc2-c2cccc(NS(=O)(=O)c3c(F)cccc3F)c2F)n1. The van der Waals surface area contributed by atoms with Gasteiger partial charge in [0.25, 0.3) is 10.0 Å². The minimum atomic E-state index is -4.83. The van der Waals surface area contributed by atoms with Gasteiger partial charge in [-0.25, -0.2) is 41.3 Å². The Kier molecular flexibility index (Phi) is 9.25. The number of ether oxygens (including phenoxy) is 1. The second kappa shape index (κ2) is 12.6. The highest BCUT2D eigenvalue weighted by atomic mass is 32.2. The minimum absolute atomic E-state index is 0.0556. The second-order valence-corrected chi connectivity index (χ2v) is 13.1. The lowest BCUT2D eigenvalue weighted by molar-refractivity contribution is 0.168. The summed E-state index contributed by atoms with van der Waals surface area (Å²) in [6.45, 7) is 7.85. The molecule has 4 rings (SSSR count). The van der Waals surface area contributed by atoms with Crippen LogP contribution in [-0.4, -0.2) is 49.2 Å². The molecule has 15 heteroatoms. The Bertz CT molecular complexity index is 1740. The van der Waals surface area contributed by atoms with E-state index in [1.165, 1.54) is 36.8 Å². The third-order valence-corrected chi connectivity index (χ3v) is 8.88. The zero-order chi connectivity index (χ0) is 31.5. The van der Waals surface area contributed by atoms with Crippen molar-refractivity contribution in [1.29, 1.82) is 0 Å². The van der Waals surface area contributed by atoms with Crippen LogP contribution < -0.4 is 15.4 Å². The summed E-state index contributed by atoms with van der Waals surface area (Å²) >= 11 is 1.28. The van der Waals surface area contributed by atoms with Crippen LogP contribution in [0.5, 0.6) is 0 Å². The molecular weight excluding hydrogens is 605 g/mol. The van der Waals surface area contributed by atoms with Gasteiger partial charge in [0.1, 0.15) is 11.6 Å². The van der Waals surface area contributed by atoms with Gasteiger partial charge < -0.3 is 15.4 Å². The number of hydrogen-bond acceptors (Lipinski definition) is 9. The van der Waals surface area contributed by atoms with Gasteiger partial charge in [0.05, 0.1) is 34.1 Å². The number of thiazole rings is 1. The number of nitrogens with zero attached hydrogens (tertiary/aromatic N) is 3. The lowest BCUT2D eigenvalue weighted by Gasteiger charge is -2.14. The summed E-state index contributed by atoms with van der Waals surface area (Å²) < 4.78 is 76.8. The number of alkyl carbamates (subject to hydrolysis) is 1. The minimum Gasteiger partial charge on any atom is -0.453 e. The molecule has 0 spiro atoms. The summed E-state index contributed by atoms with van der Waals surface area (Å²) in [4.78, 5) is 24.2. The van der Waals surface area contributed by atoms with E-state index in [0.717, 1.165) is 24.3 Å². The van der Waals surface area contributed by atoms with E-state index in [9.17, 15) is 22.0 Å². The van der Waals surface area contributed by atoms with Crippen molar-refractivity contribution in [3.05, 3.63) is 71.1 Å². The van der Waals surface area contributed by atoms with Crippen molar-refractivity contribution in [3.63, 3.8) is 0 Å². The van der Waals surface area contributed by atoms with E-state index in [-0.39, 0.29) is 29.8 Å². The number of carbonyl (C=O) groups is 1. The number of anilines is 2. The lowest BCUT2D eigenvalue weighted by Crippen LogP contribution is -2.37. The zero-order valence-electron chi connectivity index (χ0n) is 23.8. The van der Waals surface area contributed by atoms with Crippen LogP contribution in [0, 0.1) is 17.5 Å². The maximum absolute atomic E-state index is 16.0. The predicted octanol–water partition coefficient (Wildman–Crippen LogP) is 5.94. The molecule has 228 valence electrons. The topological polar surface area (TPSA) is 135 Å². The number of carbonyl (C=O) groups excluding carboxylic acids is 1. The van der Waals surface area contributed by atoms with Crippen LogP contribution in [0.1, 0.15) is 32.7 Å². The Hall–Kier alpha value is -4.24. The molecule has 1 amide bonds. The average Bonchev–Trinajstić information content (AvgIpc) is 3.39. The van der Waals surface area contributed by atoms with Crippen LogP contribution in [0.2, 0.25) is 0 Å². The van der Waals surface area contributed by atoms with Crippen molar-refractivity contribution >= 4 is 39.1 Å². The maximum atomic E-state index is 16.0. The van der Waals surface area contributed by atoms with Crippen LogP contribution >= 0.6 is 11.3 Å². The second-order valence-electron chi connectivity index (χ2n) is 10.5. The first-order valence-electron chi connectivity index (χ1n) is 12.9. The number of sulfonamides is 1. The molecule has 3 N–H and O–H groups in total. The summed E-state index contributed by atoms with van der Waals surface area (Å²) in [7, 11) is -3.56. The first-order valence-corrected chi connectivity index (χ1v) is 15.2. The lowest BCUT2D eigenvalue weighted by atomic mass is 9.98. The molecule has 0 aliphatic rings. The molecule has 43 heavy (non-hydrogen) atoms. The number of aromatic nitrogens is 3. The number of hydrogen-bond donors (Lipinski definition) is 3. The number of rotatable bonds is 9. The van der Waals surface area contributed by atoms with Crippen LogP contribution in [0.4, 0.5) is 29.6 Å². The summed E-state index contributed by atoms with van der Waals surface area (Å²) in [6.07, 6.45) is 0.922. The number of benzene rings is 2. The first kappa shape index (κ1) is 31.7. The molecule has 0 aliphatic heterocycles. The van der Waals surface area contributed by atoms with Crippen molar-refractivity contribution in [3.8, 4) is 21.8 Å². The van der Waals surface area contributed by atoms with Gasteiger partial charge >= 0.3 is 6.09 Å². The molecule has 2 heterocycles. The highest BCUT2D eigenvalue weighted by Crippen LogP contribution is 2.42. The molecule has 2 aromatic heterocycles. The Balaban J connectivity index is 1.73. The van der Waals surface area contributed by atoms with E-state index in [4.69, 9.17) is 4.98 Å². The summed E-state index contributed by atoms with van der Waals surface area (Å²) in [5.74, 6) is -3.39. The van der Waals surface area contributed by atoms with Gasteiger partial charge in [-0.05, 0) is 37.3 Å². The third kappa shape index (κ3) is 7.22. The van der Waals surface area contributed by atoms with Crippen molar-refractivity contribution in [2.75, 3.05) is 23.7 Å². The van der Waals surface area contributed by atoms with Crippen LogP contribution in [0.3, 0.4) is 0 Å². The van der Waals surface area contributed by atoms with Crippen LogP contribution in [-0.2, 0) is 20.2 Å². The van der Waals surface area contributed by atoms with Crippen molar-refractivity contribution < 1.29 is 31.1 Å². The van der Waals surface area contributed by atoms with E-state index < -0.39 is 49.6 Å². The zero-order valence-corrected chi connectivity index (χ0v) is 25.5. The smallest absolute Gasteiger partial charge is 0.407 e. The third-order valence-electron chi connectivity index (χ3n) is 5.96. The molecule has 0 saturated carbocycles. The number of nitrogens with one attached hydrogen (secondary N) is 3.